The van der Waals surface area contributed by atoms with Crippen LogP contribution in [0.15, 0.2) is 41.5 Å². The van der Waals surface area contributed by atoms with Crippen LogP contribution in [-0.2, 0) is 20.9 Å². The maximum absolute atomic E-state index is 15.5. The minimum absolute atomic E-state index is 0.0459. The normalized spacial score (nSPS) is 20.8. The summed E-state index contributed by atoms with van der Waals surface area (Å²) in [4.78, 5) is 12.3. The number of rotatable bonds is 7. The van der Waals surface area contributed by atoms with Crippen molar-refractivity contribution in [3.05, 3.63) is 52.6 Å². The van der Waals surface area contributed by atoms with Crippen molar-refractivity contribution >= 4 is 22.9 Å². The number of esters is 1. The molecule has 0 spiro atoms. The van der Waals surface area contributed by atoms with E-state index in [4.69, 9.17) is 4.74 Å². The van der Waals surface area contributed by atoms with Crippen molar-refractivity contribution in [2.75, 3.05) is 6.61 Å². The van der Waals surface area contributed by atoms with Gasteiger partial charge in [-0.15, -0.1) is 4.72 Å². The molecule has 1 aliphatic rings. The van der Waals surface area contributed by atoms with Crippen molar-refractivity contribution in [2.45, 2.75) is 71.6 Å². The summed E-state index contributed by atoms with van der Waals surface area (Å²) in [6.45, 7) is 12.1. The van der Waals surface area contributed by atoms with Crippen LogP contribution in [0, 0.1) is 12.8 Å². The molecule has 0 aliphatic heterocycles. The van der Waals surface area contributed by atoms with E-state index >= 15 is 8.78 Å². The molecule has 3 unspecified atom stereocenters. The highest BCUT2D eigenvalue weighted by Gasteiger charge is 2.50. The van der Waals surface area contributed by atoms with Crippen LogP contribution in [0.1, 0.15) is 59.1 Å². The topological polar surface area (TPSA) is 61.4 Å². The van der Waals surface area contributed by atoms with Crippen molar-refractivity contribution < 1.29 is 22.9 Å². The van der Waals surface area contributed by atoms with Gasteiger partial charge in [0.25, 0.3) is 5.92 Å². The Morgan fingerprint density at radius 1 is 1.26 bits per heavy atom. The molecule has 3 atom stereocenters. The molecule has 7 heteroatoms. The van der Waals surface area contributed by atoms with Crippen LogP contribution in [0.2, 0.25) is 0 Å². The van der Waals surface area contributed by atoms with Crippen LogP contribution < -0.4 is 4.72 Å². The van der Waals surface area contributed by atoms with Gasteiger partial charge in [-0.1, -0.05) is 30.3 Å². The van der Waals surface area contributed by atoms with Gasteiger partial charge < -0.3 is 9.29 Å². The highest BCUT2D eigenvalue weighted by Crippen LogP contribution is 2.46. The monoisotopic (exact) mass is 453 g/mol. The fourth-order valence-corrected chi connectivity index (χ4v) is 4.46. The SMILES string of the molecule is CCOC(=O)CC(N[S+]([O-])C(C)(C)C)C1C=C(c2ccccc2C)C(C)=C(C)C1(F)F. The van der Waals surface area contributed by atoms with Crippen LogP contribution in [-0.4, -0.2) is 33.8 Å². The Balaban J connectivity index is 2.57. The van der Waals surface area contributed by atoms with E-state index in [2.05, 4.69) is 4.72 Å². The van der Waals surface area contributed by atoms with E-state index in [0.717, 1.165) is 11.1 Å². The first kappa shape index (κ1) is 25.6. The number of nitrogens with one attached hydrogen (secondary N) is 1. The molecule has 0 amide bonds. The molecule has 1 aliphatic carbocycles. The van der Waals surface area contributed by atoms with E-state index in [1.165, 1.54) is 13.0 Å². The van der Waals surface area contributed by atoms with E-state index in [1.54, 1.807) is 34.6 Å². The first-order valence-corrected chi connectivity index (χ1v) is 11.6. The Morgan fingerprint density at radius 2 is 1.87 bits per heavy atom. The van der Waals surface area contributed by atoms with E-state index in [1.807, 2.05) is 31.2 Å². The first-order valence-electron chi connectivity index (χ1n) is 10.5. The van der Waals surface area contributed by atoms with Crippen molar-refractivity contribution in [2.24, 2.45) is 5.92 Å². The quantitative estimate of drug-likeness (QED) is 0.446. The Kier molecular flexibility index (Phi) is 8.11. The summed E-state index contributed by atoms with van der Waals surface area (Å²) in [6, 6.07) is 6.55. The van der Waals surface area contributed by atoms with Crippen LogP contribution in [0.3, 0.4) is 0 Å². The van der Waals surface area contributed by atoms with E-state index in [0.29, 0.717) is 11.1 Å². The number of alkyl halides is 2. The number of hydrogen-bond donors (Lipinski definition) is 1. The van der Waals surface area contributed by atoms with Gasteiger partial charge in [0.05, 0.1) is 25.0 Å². The second kappa shape index (κ2) is 9.84. The summed E-state index contributed by atoms with van der Waals surface area (Å²) < 4.78 is 51.0. The lowest BCUT2D eigenvalue weighted by molar-refractivity contribution is -0.144. The molecule has 1 aromatic rings. The fourth-order valence-electron chi connectivity index (χ4n) is 3.60. The van der Waals surface area contributed by atoms with Crippen molar-refractivity contribution in [3.63, 3.8) is 0 Å². The van der Waals surface area contributed by atoms with Gasteiger partial charge in [-0.3, -0.25) is 4.79 Å². The summed E-state index contributed by atoms with van der Waals surface area (Å²) in [5.41, 5.74) is 3.02. The summed E-state index contributed by atoms with van der Waals surface area (Å²) >= 11 is -1.64. The van der Waals surface area contributed by atoms with Gasteiger partial charge in [-0.25, -0.2) is 8.78 Å². The van der Waals surface area contributed by atoms with E-state index < -0.39 is 40.0 Å². The lowest BCUT2D eigenvalue weighted by atomic mass is 9.76. The highest BCUT2D eigenvalue weighted by molar-refractivity contribution is 7.90. The fraction of sp³-hybridized carbons (Fsp3) is 0.542. The summed E-state index contributed by atoms with van der Waals surface area (Å²) in [5, 5.41) is 0. The van der Waals surface area contributed by atoms with Gasteiger partial charge in [-0.2, -0.15) is 0 Å². The largest absolute Gasteiger partial charge is 0.598 e. The number of carbonyl (C=O) groups excluding carboxylic acids is 1. The molecular formula is C24H33F2NO3S. The van der Waals surface area contributed by atoms with Crippen LogP contribution in [0.25, 0.3) is 5.57 Å². The Morgan fingerprint density at radius 3 is 2.42 bits per heavy atom. The number of carbonyl (C=O) groups is 1. The molecular weight excluding hydrogens is 420 g/mol. The Labute approximate surface area is 187 Å². The van der Waals surface area contributed by atoms with E-state index in [-0.39, 0.29) is 18.6 Å². The average Bonchev–Trinajstić information content (AvgIpc) is 2.66. The predicted octanol–water partition coefficient (Wildman–Crippen LogP) is 5.35. The van der Waals surface area contributed by atoms with Gasteiger partial charge in [0, 0.05) is 11.4 Å². The Bertz CT molecular complexity index is 874. The van der Waals surface area contributed by atoms with Gasteiger partial charge in [-0.05, 0) is 76.3 Å². The number of aryl methyl sites for hydroxylation is 1. The summed E-state index contributed by atoms with van der Waals surface area (Å²) in [5.74, 6) is -5.17. The second-order valence-electron chi connectivity index (χ2n) is 8.91. The lowest BCUT2D eigenvalue weighted by Gasteiger charge is -2.38. The molecule has 1 aromatic carbocycles. The number of allylic oxidation sites excluding steroid dienone is 3. The third-order valence-electron chi connectivity index (χ3n) is 5.61. The molecule has 0 saturated heterocycles. The summed E-state index contributed by atoms with van der Waals surface area (Å²) in [7, 11) is 0. The molecule has 0 bridgehead atoms. The molecule has 0 fully saturated rings. The zero-order valence-electron chi connectivity index (χ0n) is 19.3. The molecule has 0 radical (unpaired) electrons. The standard InChI is InChI=1S/C24H33F2NO3S/c1-8-30-22(28)14-21(27-31(29)23(5,6)7)20-13-19(16(3)17(4)24(20,25)26)18-12-10-9-11-15(18)2/h9-13,20-21,27H,8,14H2,1-7H3. The smallest absolute Gasteiger partial charge is 0.307 e. The van der Waals surface area contributed by atoms with Gasteiger partial charge in [0.2, 0.25) is 0 Å². The maximum Gasteiger partial charge on any atom is 0.307 e. The zero-order chi connectivity index (χ0) is 23.6. The van der Waals surface area contributed by atoms with Gasteiger partial charge >= 0.3 is 5.97 Å². The zero-order valence-corrected chi connectivity index (χ0v) is 20.2. The average molecular weight is 454 g/mol. The first-order chi connectivity index (χ1) is 14.3. The van der Waals surface area contributed by atoms with Crippen molar-refractivity contribution in [3.8, 4) is 0 Å². The third-order valence-corrected chi connectivity index (χ3v) is 7.24. The van der Waals surface area contributed by atoms with Crippen LogP contribution >= 0.6 is 0 Å². The number of hydrogen-bond acceptors (Lipinski definition) is 4. The van der Waals surface area contributed by atoms with E-state index in [9.17, 15) is 9.35 Å². The number of benzene rings is 1. The second-order valence-corrected chi connectivity index (χ2v) is 10.9. The number of halogens is 2. The van der Waals surface area contributed by atoms with Crippen LogP contribution in [0.5, 0.6) is 0 Å². The van der Waals surface area contributed by atoms with Crippen molar-refractivity contribution in [1.29, 1.82) is 0 Å². The lowest BCUT2D eigenvalue weighted by Crippen LogP contribution is -2.53. The molecule has 4 nitrogen and oxygen atoms in total. The minimum atomic E-state index is -3.21. The Hall–Kier alpha value is -1.70. The third kappa shape index (κ3) is 5.76. The molecule has 31 heavy (non-hydrogen) atoms. The molecule has 2 rings (SSSR count). The molecule has 0 aromatic heterocycles. The minimum Gasteiger partial charge on any atom is -0.598 e. The van der Waals surface area contributed by atoms with Gasteiger partial charge in [0.1, 0.15) is 4.75 Å². The molecule has 1 N–H and O–H groups in total. The number of ether oxygens (including phenoxy) is 1. The highest BCUT2D eigenvalue weighted by atomic mass is 32.2. The predicted molar refractivity (Wildman–Crippen MR) is 122 cm³/mol. The molecule has 0 saturated carbocycles. The van der Waals surface area contributed by atoms with Crippen molar-refractivity contribution in [1.82, 2.24) is 4.72 Å². The molecule has 172 valence electrons. The van der Waals surface area contributed by atoms with Crippen LogP contribution in [0.4, 0.5) is 8.78 Å². The molecule has 0 heterocycles. The summed E-state index contributed by atoms with van der Waals surface area (Å²) in [6.07, 6.45) is 1.22. The maximum atomic E-state index is 15.5. The van der Waals surface area contributed by atoms with Gasteiger partial charge in [0.15, 0.2) is 0 Å².